The Morgan fingerprint density at radius 2 is 1.93 bits per heavy atom. The second-order valence-electron chi connectivity index (χ2n) is 6.63. The molecular formula is C22H18N2O5. The Morgan fingerprint density at radius 1 is 1.10 bits per heavy atom. The normalized spacial score (nSPS) is 10.9. The number of hydrogen-bond acceptors (Lipinski definition) is 7. The van der Waals surface area contributed by atoms with Crippen LogP contribution in [0.4, 0.5) is 0 Å². The zero-order valence-corrected chi connectivity index (χ0v) is 15.8. The van der Waals surface area contributed by atoms with E-state index >= 15 is 0 Å². The average Bonchev–Trinajstić information content (AvgIpc) is 3.20. The SMILES string of the molecule is Cc1ccc2c(COC(=O)CCc3nc(-c4ccccc4)no3)cc(=O)oc2c1. The smallest absolute Gasteiger partial charge is 0.336 e. The van der Waals surface area contributed by atoms with Crippen molar-refractivity contribution in [2.75, 3.05) is 0 Å². The molecule has 0 aliphatic rings. The summed E-state index contributed by atoms with van der Waals surface area (Å²) >= 11 is 0. The van der Waals surface area contributed by atoms with Gasteiger partial charge in [-0.05, 0) is 18.6 Å². The quantitative estimate of drug-likeness (QED) is 0.365. The van der Waals surface area contributed by atoms with Gasteiger partial charge < -0.3 is 13.7 Å². The Bertz CT molecular complexity index is 1210. The number of fused-ring (bicyclic) bond motifs is 1. The maximum Gasteiger partial charge on any atom is 0.336 e. The van der Waals surface area contributed by atoms with Gasteiger partial charge in [0.2, 0.25) is 11.7 Å². The van der Waals surface area contributed by atoms with Gasteiger partial charge in [-0.25, -0.2) is 4.79 Å². The summed E-state index contributed by atoms with van der Waals surface area (Å²) in [6, 6.07) is 16.3. The highest BCUT2D eigenvalue weighted by Gasteiger charge is 2.13. The number of esters is 1. The van der Waals surface area contributed by atoms with Crippen LogP contribution in [0, 0.1) is 6.92 Å². The number of hydrogen-bond donors (Lipinski definition) is 0. The summed E-state index contributed by atoms with van der Waals surface area (Å²) in [4.78, 5) is 28.2. The molecule has 0 saturated carbocycles. The van der Waals surface area contributed by atoms with Gasteiger partial charge in [-0.1, -0.05) is 47.6 Å². The van der Waals surface area contributed by atoms with Crippen molar-refractivity contribution in [3.63, 3.8) is 0 Å². The van der Waals surface area contributed by atoms with Gasteiger partial charge in [0.15, 0.2) is 0 Å². The van der Waals surface area contributed by atoms with Gasteiger partial charge in [0.25, 0.3) is 0 Å². The second-order valence-corrected chi connectivity index (χ2v) is 6.63. The molecule has 0 bridgehead atoms. The third kappa shape index (κ3) is 4.40. The van der Waals surface area contributed by atoms with E-state index in [1.807, 2.05) is 49.4 Å². The van der Waals surface area contributed by atoms with Crippen molar-refractivity contribution in [1.29, 1.82) is 0 Å². The molecule has 2 aromatic heterocycles. The van der Waals surface area contributed by atoms with Crippen LogP contribution in [0.15, 0.2) is 68.3 Å². The molecule has 2 heterocycles. The van der Waals surface area contributed by atoms with E-state index in [0.717, 1.165) is 16.5 Å². The summed E-state index contributed by atoms with van der Waals surface area (Å²) in [5.41, 5.74) is 2.42. The van der Waals surface area contributed by atoms with Crippen LogP contribution in [-0.2, 0) is 22.6 Å². The average molecular weight is 390 g/mol. The van der Waals surface area contributed by atoms with E-state index < -0.39 is 11.6 Å². The largest absolute Gasteiger partial charge is 0.461 e. The van der Waals surface area contributed by atoms with Crippen LogP contribution in [0.3, 0.4) is 0 Å². The number of aromatic nitrogens is 2. The molecule has 0 atom stereocenters. The van der Waals surface area contributed by atoms with E-state index in [1.165, 1.54) is 6.07 Å². The minimum absolute atomic E-state index is 0.0108. The zero-order valence-electron chi connectivity index (χ0n) is 15.8. The van der Waals surface area contributed by atoms with E-state index in [0.29, 0.717) is 22.9 Å². The molecule has 7 heteroatoms. The molecule has 0 radical (unpaired) electrons. The Labute approximate surface area is 165 Å². The lowest BCUT2D eigenvalue weighted by Gasteiger charge is -2.07. The number of carbonyl (C=O) groups excluding carboxylic acids is 1. The van der Waals surface area contributed by atoms with Gasteiger partial charge in [0, 0.05) is 29.0 Å². The molecule has 0 unspecified atom stereocenters. The first-order valence-electron chi connectivity index (χ1n) is 9.15. The molecule has 0 aliphatic heterocycles. The van der Waals surface area contributed by atoms with Crippen LogP contribution >= 0.6 is 0 Å². The molecule has 29 heavy (non-hydrogen) atoms. The minimum Gasteiger partial charge on any atom is -0.461 e. The van der Waals surface area contributed by atoms with E-state index in [-0.39, 0.29) is 19.4 Å². The summed E-state index contributed by atoms with van der Waals surface area (Å²) in [7, 11) is 0. The predicted molar refractivity (Wildman–Crippen MR) is 105 cm³/mol. The summed E-state index contributed by atoms with van der Waals surface area (Å²) in [5, 5.41) is 4.67. The van der Waals surface area contributed by atoms with Gasteiger partial charge in [0.1, 0.15) is 12.2 Å². The van der Waals surface area contributed by atoms with Crippen molar-refractivity contribution in [2.24, 2.45) is 0 Å². The number of rotatable bonds is 6. The van der Waals surface area contributed by atoms with Crippen molar-refractivity contribution < 1.29 is 18.5 Å². The Morgan fingerprint density at radius 3 is 2.76 bits per heavy atom. The fraction of sp³-hybridized carbons (Fsp3) is 0.182. The number of carbonyl (C=O) groups is 1. The van der Waals surface area contributed by atoms with Crippen LogP contribution < -0.4 is 5.63 Å². The first-order valence-corrected chi connectivity index (χ1v) is 9.15. The third-order valence-corrected chi connectivity index (χ3v) is 4.42. The van der Waals surface area contributed by atoms with Crippen LogP contribution in [-0.4, -0.2) is 16.1 Å². The van der Waals surface area contributed by atoms with E-state index in [4.69, 9.17) is 13.7 Å². The highest BCUT2D eigenvalue weighted by molar-refractivity contribution is 5.81. The lowest BCUT2D eigenvalue weighted by atomic mass is 10.1. The van der Waals surface area contributed by atoms with Crippen LogP contribution in [0.25, 0.3) is 22.4 Å². The predicted octanol–water partition coefficient (Wildman–Crippen LogP) is 3.83. The third-order valence-electron chi connectivity index (χ3n) is 4.42. The number of benzene rings is 2. The molecule has 2 aromatic carbocycles. The van der Waals surface area contributed by atoms with Crippen molar-refractivity contribution in [3.8, 4) is 11.4 Å². The van der Waals surface area contributed by atoms with E-state index in [2.05, 4.69) is 10.1 Å². The van der Waals surface area contributed by atoms with Gasteiger partial charge in [-0.2, -0.15) is 4.98 Å². The fourth-order valence-electron chi connectivity index (χ4n) is 2.96. The standard InChI is InChI=1S/C22H18N2O5/c1-14-7-8-17-16(12-21(26)28-18(17)11-14)13-27-20(25)10-9-19-23-22(24-29-19)15-5-3-2-4-6-15/h2-8,11-12H,9-10,13H2,1H3. The fourth-order valence-corrected chi connectivity index (χ4v) is 2.96. The van der Waals surface area contributed by atoms with Gasteiger partial charge >= 0.3 is 11.6 Å². The summed E-state index contributed by atoms with van der Waals surface area (Å²) in [6.07, 6.45) is 0.366. The Balaban J connectivity index is 1.37. The lowest BCUT2D eigenvalue weighted by Crippen LogP contribution is -2.08. The van der Waals surface area contributed by atoms with Crippen LogP contribution in [0.2, 0.25) is 0 Å². The first kappa shape index (κ1) is 18.6. The maximum absolute atomic E-state index is 12.1. The molecule has 0 saturated heterocycles. The molecule has 4 aromatic rings. The molecule has 0 amide bonds. The molecule has 7 nitrogen and oxygen atoms in total. The Kier molecular flexibility index (Phi) is 5.20. The topological polar surface area (TPSA) is 95.4 Å². The highest BCUT2D eigenvalue weighted by Crippen LogP contribution is 2.20. The van der Waals surface area contributed by atoms with E-state index in [1.54, 1.807) is 6.07 Å². The zero-order chi connectivity index (χ0) is 20.2. The Hall–Kier alpha value is -3.74. The molecule has 0 spiro atoms. The summed E-state index contributed by atoms with van der Waals surface area (Å²) in [5.74, 6) is 0.423. The number of nitrogens with zero attached hydrogens (tertiary/aromatic N) is 2. The molecule has 0 aliphatic carbocycles. The van der Waals surface area contributed by atoms with Crippen molar-refractivity contribution in [3.05, 3.63) is 82.0 Å². The molecule has 146 valence electrons. The summed E-state index contributed by atoms with van der Waals surface area (Å²) < 4.78 is 15.7. The van der Waals surface area contributed by atoms with Gasteiger partial charge in [-0.3, -0.25) is 4.79 Å². The first-order chi connectivity index (χ1) is 14.1. The van der Waals surface area contributed by atoms with Gasteiger partial charge in [-0.15, -0.1) is 0 Å². The maximum atomic E-state index is 12.1. The minimum atomic E-state index is -0.478. The second kappa shape index (κ2) is 8.10. The number of aryl methyl sites for hydroxylation is 2. The van der Waals surface area contributed by atoms with Crippen molar-refractivity contribution >= 4 is 16.9 Å². The molecule has 0 fully saturated rings. The highest BCUT2D eigenvalue weighted by atomic mass is 16.5. The van der Waals surface area contributed by atoms with Crippen LogP contribution in [0.1, 0.15) is 23.4 Å². The summed E-state index contributed by atoms with van der Waals surface area (Å²) in [6.45, 7) is 1.90. The van der Waals surface area contributed by atoms with Crippen LogP contribution in [0.5, 0.6) is 0 Å². The number of ether oxygens (including phenoxy) is 1. The lowest BCUT2D eigenvalue weighted by molar-refractivity contribution is -0.145. The molecule has 4 rings (SSSR count). The van der Waals surface area contributed by atoms with Gasteiger partial charge in [0.05, 0.1) is 6.42 Å². The monoisotopic (exact) mass is 390 g/mol. The van der Waals surface area contributed by atoms with E-state index in [9.17, 15) is 9.59 Å². The molecular weight excluding hydrogens is 372 g/mol. The van der Waals surface area contributed by atoms with Crippen molar-refractivity contribution in [1.82, 2.24) is 10.1 Å². The van der Waals surface area contributed by atoms with Crippen molar-refractivity contribution in [2.45, 2.75) is 26.4 Å². The molecule has 0 N–H and O–H groups in total.